The fraction of sp³-hybridized carbons (Fsp3) is 0.750. The van der Waals surface area contributed by atoms with Crippen molar-refractivity contribution in [2.24, 2.45) is 5.73 Å². The van der Waals surface area contributed by atoms with Crippen molar-refractivity contribution in [2.75, 3.05) is 6.54 Å². The molecule has 0 aromatic carbocycles. The van der Waals surface area contributed by atoms with Gasteiger partial charge in [-0.1, -0.05) is 19.0 Å². The molecule has 1 aliphatic carbocycles. The summed E-state index contributed by atoms with van der Waals surface area (Å²) in [4.78, 5) is 0. The van der Waals surface area contributed by atoms with Gasteiger partial charge < -0.3 is 15.4 Å². The van der Waals surface area contributed by atoms with Crippen molar-refractivity contribution in [3.05, 3.63) is 17.0 Å². The van der Waals surface area contributed by atoms with Gasteiger partial charge in [0.05, 0.1) is 11.3 Å². The first kappa shape index (κ1) is 11.6. The second-order valence-corrected chi connectivity index (χ2v) is 4.94. The van der Waals surface area contributed by atoms with Crippen molar-refractivity contribution >= 4 is 0 Å². The first-order chi connectivity index (χ1) is 7.58. The highest BCUT2D eigenvalue weighted by Crippen LogP contribution is 2.41. The Morgan fingerprint density at radius 1 is 1.56 bits per heavy atom. The highest BCUT2D eigenvalue weighted by molar-refractivity contribution is 5.34. The van der Waals surface area contributed by atoms with E-state index in [1.165, 1.54) is 0 Å². The number of rotatable bonds is 3. The maximum Gasteiger partial charge on any atom is 0.143 e. The minimum absolute atomic E-state index is 0.273. The van der Waals surface area contributed by atoms with Gasteiger partial charge in [0, 0.05) is 12.0 Å². The molecule has 0 bridgehead atoms. The van der Waals surface area contributed by atoms with Gasteiger partial charge in [-0.25, -0.2) is 0 Å². The SMILES string of the molecule is CC(C)c1noc2c1C(O)(CCN)CCC2. The summed E-state index contributed by atoms with van der Waals surface area (Å²) in [5, 5.41) is 14.8. The molecule has 90 valence electrons. The first-order valence-corrected chi connectivity index (χ1v) is 6.00. The van der Waals surface area contributed by atoms with Crippen LogP contribution in [0.3, 0.4) is 0 Å². The Morgan fingerprint density at radius 3 is 2.94 bits per heavy atom. The Labute approximate surface area is 95.8 Å². The lowest BCUT2D eigenvalue weighted by atomic mass is 9.78. The molecule has 1 aromatic rings. The van der Waals surface area contributed by atoms with Gasteiger partial charge in [0.1, 0.15) is 5.76 Å². The molecular weight excluding hydrogens is 204 g/mol. The molecule has 4 heteroatoms. The lowest BCUT2D eigenvalue weighted by Gasteiger charge is -2.32. The van der Waals surface area contributed by atoms with Gasteiger partial charge in [-0.05, 0) is 31.7 Å². The third-order valence-electron chi connectivity index (χ3n) is 3.35. The largest absolute Gasteiger partial charge is 0.385 e. The number of aryl methyl sites for hydroxylation is 1. The van der Waals surface area contributed by atoms with Crippen LogP contribution in [0.2, 0.25) is 0 Å². The van der Waals surface area contributed by atoms with Crippen LogP contribution in [-0.2, 0) is 12.0 Å². The van der Waals surface area contributed by atoms with Crippen LogP contribution in [0, 0.1) is 0 Å². The number of aromatic nitrogens is 1. The van der Waals surface area contributed by atoms with E-state index in [1.54, 1.807) is 0 Å². The van der Waals surface area contributed by atoms with Crippen LogP contribution in [0.1, 0.15) is 56.0 Å². The van der Waals surface area contributed by atoms with Gasteiger partial charge in [0.15, 0.2) is 0 Å². The van der Waals surface area contributed by atoms with Gasteiger partial charge in [0.2, 0.25) is 0 Å². The van der Waals surface area contributed by atoms with Gasteiger partial charge in [-0.3, -0.25) is 0 Å². The molecule has 1 atom stereocenters. The summed E-state index contributed by atoms with van der Waals surface area (Å²) >= 11 is 0. The molecule has 0 saturated carbocycles. The lowest BCUT2D eigenvalue weighted by molar-refractivity contribution is 0.00945. The Bertz CT molecular complexity index is 373. The topological polar surface area (TPSA) is 72.3 Å². The predicted molar refractivity (Wildman–Crippen MR) is 61.1 cm³/mol. The van der Waals surface area contributed by atoms with E-state index in [1.807, 2.05) is 0 Å². The van der Waals surface area contributed by atoms with Gasteiger partial charge >= 0.3 is 0 Å². The van der Waals surface area contributed by atoms with E-state index in [0.29, 0.717) is 13.0 Å². The minimum atomic E-state index is -0.818. The number of fused-ring (bicyclic) bond motifs is 1. The van der Waals surface area contributed by atoms with E-state index in [9.17, 15) is 5.11 Å². The molecule has 0 fully saturated rings. The Hall–Kier alpha value is -0.870. The third kappa shape index (κ3) is 1.76. The van der Waals surface area contributed by atoms with Gasteiger partial charge in [-0.15, -0.1) is 0 Å². The molecule has 2 rings (SSSR count). The van der Waals surface area contributed by atoms with E-state index in [0.717, 1.165) is 36.3 Å². The van der Waals surface area contributed by atoms with Crippen molar-refractivity contribution in [3.8, 4) is 0 Å². The zero-order chi connectivity index (χ0) is 11.8. The van der Waals surface area contributed by atoms with Crippen molar-refractivity contribution < 1.29 is 9.63 Å². The van der Waals surface area contributed by atoms with E-state index < -0.39 is 5.60 Å². The first-order valence-electron chi connectivity index (χ1n) is 6.00. The highest BCUT2D eigenvalue weighted by Gasteiger charge is 2.39. The molecule has 0 spiro atoms. The van der Waals surface area contributed by atoms with Crippen molar-refractivity contribution in [3.63, 3.8) is 0 Å². The molecule has 3 N–H and O–H groups in total. The van der Waals surface area contributed by atoms with E-state index in [4.69, 9.17) is 10.3 Å². The maximum atomic E-state index is 10.7. The third-order valence-corrected chi connectivity index (χ3v) is 3.35. The number of aliphatic hydroxyl groups is 1. The Kier molecular flexibility index (Phi) is 3.04. The maximum absolute atomic E-state index is 10.7. The zero-order valence-electron chi connectivity index (χ0n) is 9.99. The number of nitrogens with zero attached hydrogens (tertiary/aromatic N) is 1. The summed E-state index contributed by atoms with van der Waals surface area (Å²) in [5.74, 6) is 1.13. The standard InChI is InChI=1S/C12H20N2O2/c1-8(2)11-10-9(16-14-11)4-3-5-12(10,15)6-7-13/h8,15H,3-7,13H2,1-2H3. The van der Waals surface area contributed by atoms with Crippen LogP contribution < -0.4 is 5.73 Å². The molecular formula is C12H20N2O2. The quantitative estimate of drug-likeness (QED) is 0.819. The van der Waals surface area contributed by atoms with Crippen LogP contribution in [0.25, 0.3) is 0 Å². The average Bonchev–Trinajstić information content (AvgIpc) is 2.63. The number of nitrogens with two attached hydrogens (primary N) is 1. The molecule has 1 aromatic heterocycles. The van der Waals surface area contributed by atoms with Crippen LogP contribution in [0.15, 0.2) is 4.52 Å². The van der Waals surface area contributed by atoms with Crippen LogP contribution >= 0.6 is 0 Å². The highest BCUT2D eigenvalue weighted by atomic mass is 16.5. The van der Waals surface area contributed by atoms with Gasteiger partial charge in [0.25, 0.3) is 0 Å². The van der Waals surface area contributed by atoms with Crippen LogP contribution in [0.5, 0.6) is 0 Å². The van der Waals surface area contributed by atoms with Crippen LogP contribution in [-0.4, -0.2) is 16.8 Å². The second kappa shape index (κ2) is 4.18. The molecule has 0 saturated heterocycles. The summed E-state index contributed by atoms with van der Waals surface area (Å²) in [7, 11) is 0. The predicted octanol–water partition coefficient (Wildman–Crippen LogP) is 1.67. The minimum Gasteiger partial charge on any atom is -0.385 e. The summed E-state index contributed by atoms with van der Waals surface area (Å²) < 4.78 is 5.34. The number of hydrogen-bond donors (Lipinski definition) is 2. The fourth-order valence-electron chi connectivity index (χ4n) is 2.56. The lowest BCUT2D eigenvalue weighted by Crippen LogP contribution is -2.33. The summed E-state index contributed by atoms with van der Waals surface area (Å²) in [6.07, 6.45) is 3.16. The fourth-order valence-corrected chi connectivity index (χ4v) is 2.56. The molecule has 16 heavy (non-hydrogen) atoms. The normalized spacial score (nSPS) is 24.8. The molecule has 1 unspecified atom stereocenters. The van der Waals surface area contributed by atoms with Crippen LogP contribution in [0.4, 0.5) is 0 Å². The average molecular weight is 224 g/mol. The number of hydrogen-bond acceptors (Lipinski definition) is 4. The molecule has 4 nitrogen and oxygen atoms in total. The molecule has 0 radical (unpaired) electrons. The van der Waals surface area contributed by atoms with E-state index in [-0.39, 0.29) is 5.92 Å². The molecule has 1 aliphatic rings. The Balaban J connectivity index is 2.46. The summed E-state index contributed by atoms with van der Waals surface area (Å²) in [5.41, 5.74) is 6.58. The van der Waals surface area contributed by atoms with Crippen molar-refractivity contribution in [1.82, 2.24) is 5.16 Å². The second-order valence-electron chi connectivity index (χ2n) is 4.94. The molecule has 0 aliphatic heterocycles. The zero-order valence-corrected chi connectivity index (χ0v) is 9.99. The van der Waals surface area contributed by atoms with Crippen molar-refractivity contribution in [1.29, 1.82) is 0 Å². The van der Waals surface area contributed by atoms with Gasteiger partial charge in [-0.2, -0.15) is 0 Å². The Morgan fingerprint density at radius 2 is 2.31 bits per heavy atom. The smallest absolute Gasteiger partial charge is 0.143 e. The molecule has 1 heterocycles. The monoisotopic (exact) mass is 224 g/mol. The van der Waals surface area contributed by atoms with E-state index >= 15 is 0 Å². The summed E-state index contributed by atoms with van der Waals surface area (Å²) in [6, 6.07) is 0. The summed E-state index contributed by atoms with van der Waals surface area (Å²) in [6.45, 7) is 4.61. The van der Waals surface area contributed by atoms with Crippen molar-refractivity contribution in [2.45, 2.75) is 51.0 Å². The molecule has 0 amide bonds. The van der Waals surface area contributed by atoms with E-state index in [2.05, 4.69) is 19.0 Å².